The van der Waals surface area contributed by atoms with Crippen LogP contribution in [-0.4, -0.2) is 61.9 Å². The van der Waals surface area contributed by atoms with Gasteiger partial charge in [-0.25, -0.2) is 21.1 Å². The molecule has 0 spiro atoms. The summed E-state index contributed by atoms with van der Waals surface area (Å²) < 4.78 is 49.9. The number of nitrogens with zero attached hydrogens (tertiary/aromatic N) is 2. The average Bonchev–Trinajstić information content (AvgIpc) is 3.31. The van der Waals surface area contributed by atoms with Gasteiger partial charge in [0, 0.05) is 16.5 Å². The third-order valence-corrected chi connectivity index (χ3v) is 9.56. The van der Waals surface area contributed by atoms with E-state index in [-0.39, 0.29) is 29.4 Å². The maximum absolute atomic E-state index is 13.2. The summed E-state index contributed by atoms with van der Waals surface area (Å²) >= 11 is 1.42. The smallest absolute Gasteiger partial charge is 0.268 e. The van der Waals surface area contributed by atoms with E-state index in [2.05, 4.69) is 0 Å². The molecule has 2 aliphatic heterocycles. The molecule has 0 radical (unpaired) electrons. The largest absolute Gasteiger partial charge is 0.332 e. The lowest BCUT2D eigenvalue weighted by molar-refractivity contribution is -0.133. The first-order valence-electron chi connectivity index (χ1n) is 9.31. The third kappa shape index (κ3) is 4.14. The highest BCUT2D eigenvalue weighted by Gasteiger charge is 2.40. The molecule has 1 saturated heterocycles. The Hall–Kier alpha value is -2.24. The highest BCUT2D eigenvalue weighted by atomic mass is 32.2. The van der Waals surface area contributed by atoms with Crippen LogP contribution in [0.15, 0.2) is 41.8 Å². The number of sulfone groups is 1. The number of thiophene rings is 1. The molecule has 8 nitrogen and oxygen atoms in total. The van der Waals surface area contributed by atoms with Crippen molar-refractivity contribution in [3.05, 3.63) is 57.8 Å². The van der Waals surface area contributed by atoms with Crippen molar-refractivity contribution in [2.75, 3.05) is 18.1 Å². The second kappa shape index (κ2) is 7.78. The fourth-order valence-corrected chi connectivity index (χ4v) is 7.68. The molecule has 2 aromatic rings. The van der Waals surface area contributed by atoms with Gasteiger partial charge in [0.2, 0.25) is 15.9 Å². The molecule has 0 aliphatic carbocycles. The summed E-state index contributed by atoms with van der Waals surface area (Å²) in [7, 11) is -7.25. The molecule has 1 fully saturated rings. The Morgan fingerprint density at radius 3 is 2.57 bits per heavy atom. The molecule has 1 unspecified atom stereocenters. The van der Waals surface area contributed by atoms with Gasteiger partial charge >= 0.3 is 0 Å². The van der Waals surface area contributed by atoms with Gasteiger partial charge in [-0.15, -0.1) is 11.3 Å². The highest BCUT2D eigenvalue weighted by molar-refractivity contribution is 7.91. The Bertz CT molecular complexity index is 1190. The maximum atomic E-state index is 13.2. The Balaban J connectivity index is 1.61. The molecule has 0 saturated carbocycles. The van der Waals surface area contributed by atoms with E-state index in [1.54, 1.807) is 18.2 Å². The van der Waals surface area contributed by atoms with E-state index in [0.717, 1.165) is 4.88 Å². The molecule has 160 valence electrons. The molecular weight excluding hydrogens is 448 g/mol. The maximum Gasteiger partial charge on any atom is 0.268 e. The van der Waals surface area contributed by atoms with Crippen molar-refractivity contribution in [2.45, 2.75) is 24.8 Å². The fraction of sp³-hybridized carbons (Fsp3) is 0.368. The predicted molar refractivity (Wildman–Crippen MR) is 112 cm³/mol. The van der Waals surface area contributed by atoms with Crippen molar-refractivity contribution in [2.24, 2.45) is 0 Å². The van der Waals surface area contributed by atoms with Crippen LogP contribution in [0.4, 0.5) is 0 Å². The number of sulfonamides is 1. The minimum Gasteiger partial charge on any atom is -0.332 e. The summed E-state index contributed by atoms with van der Waals surface area (Å²) in [6.45, 7) is -0.466. The first-order valence-corrected chi connectivity index (χ1v) is 13.6. The van der Waals surface area contributed by atoms with Crippen LogP contribution in [0.2, 0.25) is 0 Å². The summed E-state index contributed by atoms with van der Waals surface area (Å²) in [5.41, 5.74) is 0.664. The lowest BCUT2D eigenvalue weighted by Gasteiger charge is -2.32. The minimum absolute atomic E-state index is 0.0137. The van der Waals surface area contributed by atoms with E-state index in [1.807, 2.05) is 17.5 Å². The topological polar surface area (TPSA) is 109 Å². The van der Waals surface area contributed by atoms with E-state index >= 15 is 0 Å². The third-order valence-electron chi connectivity index (χ3n) is 5.30. The van der Waals surface area contributed by atoms with E-state index < -0.39 is 44.3 Å². The zero-order chi connectivity index (χ0) is 21.5. The predicted octanol–water partition coefficient (Wildman–Crippen LogP) is 1.25. The van der Waals surface area contributed by atoms with Gasteiger partial charge in [-0.05, 0) is 29.5 Å². The van der Waals surface area contributed by atoms with Crippen molar-refractivity contribution >= 4 is 43.0 Å². The normalized spacial score (nSPS) is 21.9. The first kappa shape index (κ1) is 21.0. The molecule has 1 aromatic carbocycles. The Labute approximate surface area is 179 Å². The number of carbonyl (C=O) groups excluding carboxylic acids is 2. The van der Waals surface area contributed by atoms with Gasteiger partial charge < -0.3 is 4.90 Å². The van der Waals surface area contributed by atoms with Crippen LogP contribution in [0.25, 0.3) is 0 Å². The van der Waals surface area contributed by atoms with Crippen molar-refractivity contribution in [3.63, 3.8) is 0 Å². The van der Waals surface area contributed by atoms with Crippen LogP contribution in [0.5, 0.6) is 0 Å². The molecule has 3 heterocycles. The Morgan fingerprint density at radius 2 is 1.90 bits per heavy atom. The number of benzene rings is 1. The molecule has 4 rings (SSSR count). The summed E-state index contributed by atoms with van der Waals surface area (Å²) in [4.78, 5) is 28.2. The lowest BCUT2D eigenvalue weighted by atomic mass is 10.1. The molecule has 2 amide bonds. The number of fused-ring (bicyclic) bond motifs is 1. The summed E-state index contributed by atoms with van der Waals surface area (Å²) in [5, 5.41) is 1.85. The van der Waals surface area contributed by atoms with Gasteiger partial charge in [0.25, 0.3) is 5.91 Å². The second-order valence-electron chi connectivity index (χ2n) is 7.38. The van der Waals surface area contributed by atoms with E-state index in [4.69, 9.17) is 0 Å². The highest BCUT2D eigenvalue weighted by Crippen LogP contribution is 2.26. The number of rotatable bonds is 5. The van der Waals surface area contributed by atoms with Crippen molar-refractivity contribution in [1.82, 2.24) is 9.21 Å². The van der Waals surface area contributed by atoms with Crippen LogP contribution >= 0.6 is 11.3 Å². The van der Waals surface area contributed by atoms with Crippen molar-refractivity contribution < 1.29 is 26.4 Å². The summed E-state index contributed by atoms with van der Waals surface area (Å²) in [5.74, 6) is -1.85. The van der Waals surface area contributed by atoms with Gasteiger partial charge in [0.1, 0.15) is 6.54 Å². The van der Waals surface area contributed by atoms with E-state index in [9.17, 15) is 26.4 Å². The fourth-order valence-electron chi connectivity index (χ4n) is 3.79. The van der Waals surface area contributed by atoms with Crippen molar-refractivity contribution in [1.29, 1.82) is 0 Å². The van der Waals surface area contributed by atoms with E-state index in [1.165, 1.54) is 22.3 Å². The zero-order valence-electron chi connectivity index (χ0n) is 15.9. The molecule has 0 N–H and O–H groups in total. The number of hydrogen-bond acceptors (Lipinski definition) is 7. The molecule has 2 aliphatic rings. The van der Waals surface area contributed by atoms with Gasteiger partial charge in [-0.1, -0.05) is 24.3 Å². The Morgan fingerprint density at radius 1 is 1.13 bits per heavy atom. The standard InChI is InChI=1S/C19H20N2O6S3/c22-18(11-21-19(23)17-6-2-1-4-14(17)12-30(21,26)27)20(10-16-5-3-8-28-16)15-7-9-29(24,25)13-15/h1-6,8,15H,7,9-13H2. The number of amides is 2. The van der Waals surface area contributed by atoms with Crippen LogP contribution in [0.1, 0.15) is 27.2 Å². The van der Waals surface area contributed by atoms with Crippen LogP contribution in [0.3, 0.4) is 0 Å². The minimum atomic E-state index is -4.00. The monoisotopic (exact) mass is 468 g/mol. The SMILES string of the molecule is O=C(CN1C(=O)c2ccccc2CS1(=O)=O)N(Cc1cccs1)C1CCS(=O)(=O)C1. The van der Waals surface area contributed by atoms with Crippen LogP contribution < -0.4 is 0 Å². The summed E-state index contributed by atoms with van der Waals surface area (Å²) in [6.07, 6.45) is 0.295. The number of hydrogen-bond donors (Lipinski definition) is 0. The molecule has 0 bridgehead atoms. The van der Waals surface area contributed by atoms with E-state index in [0.29, 0.717) is 16.3 Å². The molecular formula is C19H20N2O6S3. The van der Waals surface area contributed by atoms with Gasteiger partial charge in [-0.3, -0.25) is 9.59 Å². The second-order valence-corrected chi connectivity index (χ2v) is 12.5. The Kier molecular flexibility index (Phi) is 5.45. The van der Waals surface area contributed by atoms with Crippen LogP contribution in [-0.2, 0) is 37.0 Å². The van der Waals surface area contributed by atoms with Crippen molar-refractivity contribution in [3.8, 4) is 0 Å². The lowest BCUT2D eigenvalue weighted by Crippen LogP contribution is -2.50. The molecule has 11 heteroatoms. The van der Waals surface area contributed by atoms with Gasteiger partial charge in [0.05, 0.1) is 23.8 Å². The summed E-state index contributed by atoms with van der Waals surface area (Å²) in [6, 6.07) is 9.52. The molecule has 1 aromatic heterocycles. The van der Waals surface area contributed by atoms with Gasteiger partial charge in [-0.2, -0.15) is 0 Å². The first-order chi connectivity index (χ1) is 14.2. The molecule has 30 heavy (non-hydrogen) atoms. The quantitative estimate of drug-likeness (QED) is 0.653. The van der Waals surface area contributed by atoms with Gasteiger partial charge in [0.15, 0.2) is 9.84 Å². The van der Waals surface area contributed by atoms with Crippen LogP contribution in [0, 0.1) is 0 Å². The number of carbonyl (C=O) groups is 2. The zero-order valence-corrected chi connectivity index (χ0v) is 18.4. The molecule has 1 atom stereocenters. The average molecular weight is 469 g/mol.